The summed E-state index contributed by atoms with van der Waals surface area (Å²) in [5, 5.41) is 4.89. The van der Waals surface area contributed by atoms with Crippen LogP contribution in [0.4, 0.5) is 0 Å². The molecule has 4 aromatic rings. The number of hydrogen-bond acceptors (Lipinski definition) is 6. The highest BCUT2D eigenvalue weighted by Crippen LogP contribution is 2.20. The lowest BCUT2D eigenvalue weighted by Crippen LogP contribution is -2.00. The quantitative estimate of drug-likeness (QED) is 0.397. The molecule has 6 nitrogen and oxygen atoms in total. The third-order valence-electron chi connectivity index (χ3n) is 3.70. The van der Waals surface area contributed by atoms with E-state index < -0.39 is 5.97 Å². The van der Waals surface area contributed by atoms with E-state index in [1.165, 1.54) is 6.08 Å². The first-order chi connectivity index (χ1) is 12.8. The van der Waals surface area contributed by atoms with Gasteiger partial charge in [-0.05, 0) is 30.3 Å². The SMILES string of the molecule is O=C(/C=C/c1ccc2ccccc2n1)OCc1cc(-c2ccco2)on1. The molecule has 3 heterocycles. The molecule has 0 atom stereocenters. The number of furan rings is 1. The van der Waals surface area contributed by atoms with Crippen molar-refractivity contribution in [1.82, 2.24) is 10.1 Å². The van der Waals surface area contributed by atoms with Crippen molar-refractivity contribution in [2.24, 2.45) is 0 Å². The standard InChI is InChI=1S/C20H14N2O4/c23-20(10-9-15-8-7-14-4-1-2-5-17(14)21-15)25-13-16-12-19(26-22-16)18-6-3-11-24-18/h1-12H,13H2/b10-9+. The van der Waals surface area contributed by atoms with Crippen molar-refractivity contribution in [3.05, 3.63) is 78.3 Å². The van der Waals surface area contributed by atoms with Crippen molar-refractivity contribution in [1.29, 1.82) is 0 Å². The summed E-state index contributed by atoms with van der Waals surface area (Å²) in [6.45, 7) is 0.0124. The third-order valence-corrected chi connectivity index (χ3v) is 3.70. The van der Waals surface area contributed by atoms with Gasteiger partial charge < -0.3 is 13.7 Å². The van der Waals surface area contributed by atoms with E-state index in [2.05, 4.69) is 10.1 Å². The molecule has 0 saturated carbocycles. The minimum Gasteiger partial charge on any atom is -0.461 e. The van der Waals surface area contributed by atoms with Gasteiger partial charge >= 0.3 is 5.97 Å². The van der Waals surface area contributed by atoms with Crippen molar-refractivity contribution in [3.8, 4) is 11.5 Å². The lowest BCUT2D eigenvalue weighted by atomic mass is 10.2. The van der Waals surface area contributed by atoms with Gasteiger partial charge in [-0.1, -0.05) is 29.4 Å². The van der Waals surface area contributed by atoms with Gasteiger partial charge in [-0.15, -0.1) is 0 Å². The van der Waals surface area contributed by atoms with Gasteiger partial charge in [-0.2, -0.15) is 0 Å². The smallest absolute Gasteiger partial charge is 0.331 e. The predicted octanol–water partition coefficient (Wildman–Crippen LogP) is 4.24. The van der Waals surface area contributed by atoms with E-state index in [9.17, 15) is 4.79 Å². The van der Waals surface area contributed by atoms with Gasteiger partial charge in [-0.3, -0.25) is 0 Å². The van der Waals surface area contributed by atoms with Gasteiger partial charge in [0.05, 0.1) is 17.5 Å². The fraction of sp³-hybridized carbons (Fsp3) is 0.0500. The van der Waals surface area contributed by atoms with Crippen molar-refractivity contribution < 1.29 is 18.5 Å². The van der Waals surface area contributed by atoms with Crippen LogP contribution >= 0.6 is 0 Å². The normalized spacial score (nSPS) is 11.2. The summed E-state index contributed by atoms with van der Waals surface area (Å²) in [6.07, 6.45) is 4.50. The highest BCUT2D eigenvalue weighted by Gasteiger charge is 2.10. The molecule has 0 saturated heterocycles. The Labute approximate surface area is 148 Å². The van der Waals surface area contributed by atoms with Crippen LogP contribution in [0.5, 0.6) is 0 Å². The van der Waals surface area contributed by atoms with Crippen molar-refractivity contribution in [3.63, 3.8) is 0 Å². The van der Waals surface area contributed by atoms with Crippen LogP contribution < -0.4 is 0 Å². The Balaban J connectivity index is 1.36. The third kappa shape index (κ3) is 3.54. The first kappa shape index (κ1) is 15.8. The van der Waals surface area contributed by atoms with Crippen LogP contribution in [0.1, 0.15) is 11.4 Å². The van der Waals surface area contributed by atoms with Crippen molar-refractivity contribution >= 4 is 22.9 Å². The van der Waals surface area contributed by atoms with Gasteiger partial charge in [0.15, 0.2) is 5.76 Å². The minimum absolute atomic E-state index is 0.0124. The molecule has 6 heteroatoms. The molecule has 128 valence electrons. The number of fused-ring (bicyclic) bond motifs is 1. The average molecular weight is 346 g/mol. The van der Waals surface area contributed by atoms with Crippen LogP contribution in [-0.4, -0.2) is 16.1 Å². The first-order valence-corrected chi connectivity index (χ1v) is 7.98. The van der Waals surface area contributed by atoms with E-state index in [0.717, 1.165) is 10.9 Å². The molecule has 0 aliphatic carbocycles. The number of benzene rings is 1. The molecule has 4 rings (SSSR count). The summed E-state index contributed by atoms with van der Waals surface area (Å²) >= 11 is 0. The molecule has 26 heavy (non-hydrogen) atoms. The van der Waals surface area contributed by atoms with Gasteiger partial charge in [0.2, 0.25) is 5.76 Å². The number of esters is 1. The summed E-state index contributed by atoms with van der Waals surface area (Å²) in [7, 11) is 0. The van der Waals surface area contributed by atoms with Crippen LogP contribution in [0.2, 0.25) is 0 Å². The Kier molecular flexibility index (Phi) is 4.30. The second-order valence-corrected chi connectivity index (χ2v) is 5.53. The molecule has 0 aliphatic rings. The maximum Gasteiger partial charge on any atom is 0.331 e. The number of para-hydroxylation sites is 1. The molecule has 3 aromatic heterocycles. The minimum atomic E-state index is -0.484. The van der Waals surface area contributed by atoms with Crippen LogP contribution in [0.3, 0.4) is 0 Å². The number of rotatable bonds is 5. The second-order valence-electron chi connectivity index (χ2n) is 5.53. The molecule has 0 unspecified atom stereocenters. The first-order valence-electron chi connectivity index (χ1n) is 7.98. The maximum absolute atomic E-state index is 11.9. The molecule has 0 amide bonds. The van der Waals surface area contributed by atoms with E-state index in [1.54, 1.807) is 30.5 Å². The van der Waals surface area contributed by atoms with Crippen molar-refractivity contribution in [2.75, 3.05) is 0 Å². The van der Waals surface area contributed by atoms with E-state index in [4.69, 9.17) is 13.7 Å². The monoisotopic (exact) mass is 346 g/mol. The summed E-state index contributed by atoms with van der Waals surface area (Å²) in [4.78, 5) is 16.3. The van der Waals surface area contributed by atoms with Gasteiger partial charge in [0, 0.05) is 17.5 Å². The Morgan fingerprint density at radius 3 is 2.88 bits per heavy atom. The number of ether oxygens (including phenoxy) is 1. The number of carbonyl (C=O) groups is 1. The molecular weight excluding hydrogens is 332 g/mol. The molecule has 0 N–H and O–H groups in total. The summed E-state index contributed by atoms with van der Waals surface area (Å²) < 4.78 is 15.5. The van der Waals surface area contributed by atoms with E-state index >= 15 is 0 Å². The largest absolute Gasteiger partial charge is 0.461 e. The molecule has 0 spiro atoms. The van der Waals surface area contributed by atoms with Crippen LogP contribution in [0.25, 0.3) is 28.5 Å². The average Bonchev–Trinajstić information content (AvgIpc) is 3.36. The molecule has 0 bridgehead atoms. The number of carbonyl (C=O) groups excluding carboxylic acids is 1. The van der Waals surface area contributed by atoms with Crippen LogP contribution in [-0.2, 0) is 16.1 Å². The lowest BCUT2D eigenvalue weighted by molar-refractivity contribution is -0.139. The molecule has 0 fully saturated rings. The Morgan fingerprint density at radius 1 is 1.08 bits per heavy atom. The number of aromatic nitrogens is 2. The number of hydrogen-bond donors (Lipinski definition) is 0. The second kappa shape index (κ2) is 7.06. The lowest BCUT2D eigenvalue weighted by Gasteiger charge is -1.99. The van der Waals surface area contributed by atoms with Gasteiger partial charge in [0.25, 0.3) is 0 Å². The van der Waals surface area contributed by atoms with E-state index in [-0.39, 0.29) is 6.61 Å². The fourth-order valence-corrected chi connectivity index (χ4v) is 2.44. The highest BCUT2D eigenvalue weighted by atomic mass is 16.5. The van der Waals surface area contributed by atoms with Gasteiger partial charge in [0.1, 0.15) is 12.3 Å². The molecule has 0 radical (unpaired) electrons. The van der Waals surface area contributed by atoms with Crippen molar-refractivity contribution in [2.45, 2.75) is 6.61 Å². The zero-order valence-electron chi connectivity index (χ0n) is 13.7. The zero-order valence-corrected chi connectivity index (χ0v) is 13.7. The molecule has 1 aromatic carbocycles. The summed E-state index contributed by atoms with van der Waals surface area (Å²) in [5.74, 6) is 0.566. The zero-order chi connectivity index (χ0) is 17.8. The van der Waals surface area contributed by atoms with Crippen LogP contribution in [0.15, 0.2) is 75.9 Å². The highest BCUT2D eigenvalue weighted by molar-refractivity contribution is 5.87. The van der Waals surface area contributed by atoms with E-state index in [0.29, 0.717) is 22.9 Å². The van der Waals surface area contributed by atoms with E-state index in [1.807, 2.05) is 36.4 Å². The predicted molar refractivity (Wildman–Crippen MR) is 94.8 cm³/mol. The summed E-state index contributed by atoms with van der Waals surface area (Å²) in [5.41, 5.74) is 2.06. The number of pyridine rings is 1. The summed E-state index contributed by atoms with van der Waals surface area (Å²) in [6, 6.07) is 16.8. The Hall–Kier alpha value is -3.67. The molecular formula is C20H14N2O4. The molecule has 0 aliphatic heterocycles. The van der Waals surface area contributed by atoms with Crippen LogP contribution in [0, 0.1) is 0 Å². The van der Waals surface area contributed by atoms with Gasteiger partial charge in [-0.25, -0.2) is 9.78 Å². The number of nitrogens with zero attached hydrogens (tertiary/aromatic N) is 2. The Morgan fingerprint density at radius 2 is 2.00 bits per heavy atom. The topological polar surface area (TPSA) is 78.4 Å². The fourth-order valence-electron chi connectivity index (χ4n) is 2.44. The Bertz CT molecular complexity index is 1060. The maximum atomic E-state index is 11.9.